The van der Waals surface area contributed by atoms with Gasteiger partial charge in [-0.2, -0.15) is 0 Å². The van der Waals surface area contributed by atoms with E-state index >= 15 is 0 Å². The molecule has 3 aromatic rings. The number of fused-ring (bicyclic) bond motifs is 2. The quantitative estimate of drug-likeness (QED) is 0.517. The lowest BCUT2D eigenvalue weighted by atomic mass is 9.77. The summed E-state index contributed by atoms with van der Waals surface area (Å²) in [6.07, 6.45) is 4.54. The molecule has 0 spiro atoms. The summed E-state index contributed by atoms with van der Waals surface area (Å²) in [7, 11) is 0. The average molecular weight is 335 g/mol. The lowest BCUT2D eigenvalue weighted by Gasteiger charge is -2.26. The van der Waals surface area contributed by atoms with E-state index in [-0.39, 0.29) is 5.41 Å². The van der Waals surface area contributed by atoms with E-state index in [4.69, 9.17) is 0 Å². The highest BCUT2D eigenvalue weighted by molar-refractivity contribution is 9.10. The Morgan fingerprint density at radius 3 is 2.52 bits per heavy atom. The van der Waals surface area contributed by atoms with Gasteiger partial charge in [0, 0.05) is 9.89 Å². The number of allylic oxidation sites excluding steroid dienone is 1. The Hall–Kier alpha value is -1.86. The van der Waals surface area contributed by atoms with E-state index in [1.807, 2.05) is 0 Å². The Bertz CT molecular complexity index is 876. The van der Waals surface area contributed by atoms with Crippen LogP contribution >= 0.6 is 15.9 Å². The third-order valence-corrected chi connectivity index (χ3v) is 5.17. The summed E-state index contributed by atoms with van der Waals surface area (Å²) in [5, 5.41) is 2.59. The van der Waals surface area contributed by atoms with Gasteiger partial charge in [-0.05, 0) is 46.5 Å². The predicted octanol–water partition coefficient (Wildman–Crippen LogP) is 5.94. The van der Waals surface area contributed by atoms with E-state index in [9.17, 15) is 0 Å². The van der Waals surface area contributed by atoms with Crippen LogP contribution < -0.4 is 0 Å². The maximum absolute atomic E-state index is 3.73. The zero-order chi connectivity index (χ0) is 14.4. The fourth-order valence-corrected chi connectivity index (χ4v) is 4.11. The smallest absolute Gasteiger partial charge is 0.0374 e. The molecule has 4 rings (SSSR count). The van der Waals surface area contributed by atoms with Gasteiger partial charge in [0.25, 0.3) is 0 Å². The first-order valence-corrected chi connectivity index (χ1v) is 7.95. The van der Waals surface area contributed by atoms with Gasteiger partial charge in [-0.1, -0.05) is 76.6 Å². The van der Waals surface area contributed by atoms with Crippen LogP contribution in [0.25, 0.3) is 16.8 Å². The molecule has 0 amide bonds. The molecule has 1 heteroatoms. The summed E-state index contributed by atoms with van der Waals surface area (Å²) in [4.78, 5) is 0. The van der Waals surface area contributed by atoms with Gasteiger partial charge in [0.05, 0.1) is 0 Å². The first kappa shape index (κ1) is 12.8. The van der Waals surface area contributed by atoms with Crippen molar-refractivity contribution in [1.82, 2.24) is 0 Å². The van der Waals surface area contributed by atoms with Crippen molar-refractivity contribution in [3.05, 3.63) is 87.9 Å². The van der Waals surface area contributed by atoms with Crippen LogP contribution in [-0.2, 0) is 5.41 Å². The van der Waals surface area contributed by atoms with E-state index < -0.39 is 0 Å². The van der Waals surface area contributed by atoms with Crippen LogP contribution in [0.1, 0.15) is 23.6 Å². The van der Waals surface area contributed by atoms with Crippen molar-refractivity contribution in [2.75, 3.05) is 0 Å². The van der Waals surface area contributed by atoms with Crippen molar-refractivity contribution in [1.29, 1.82) is 0 Å². The maximum Gasteiger partial charge on any atom is 0.0374 e. The standard InChI is InChI=1S/C20H15Br/c1-20(12-11-15-7-4-8-18(21)19(15)20)17-10-9-14-5-2-3-6-16(14)13-17/h2-13H,1H3. The molecule has 1 unspecified atom stereocenters. The fourth-order valence-electron chi connectivity index (χ4n) is 3.32. The Morgan fingerprint density at radius 1 is 0.857 bits per heavy atom. The van der Waals surface area contributed by atoms with Crippen LogP contribution in [0, 0.1) is 0 Å². The number of rotatable bonds is 1. The zero-order valence-electron chi connectivity index (χ0n) is 11.8. The molecular weight excluding hydrogens is 320 g/mol. The average Bonchev–Trinajstić information content (AvgIpc) is 2.87. The molecule has 0 aliphatic heterocycles. The summed E-state index contributed by atoms with van der Waals surface area (Å²) in [6, 6.07) is 21.7. The number of benzene rings is 3. The van der Waals surface area contributed by atoms with Crippen molar-refractivity contribution in [3.63, 3.8) is 0 Å². The molecule has 21 heavy (non-hydrogen) atoms. The van der Waals surface area contributed by atoms with Gasteiger partial charge in [-0.3, -0.25) is 0 Å². The number of halogens is 1. The van der Waals surface area contributed by atoms with Gasteiger partial charge in [0.1, 0.15) is 0 Å². The normalized spacial score (nSPS) is 19.9. The lowest BCUT2D eigenvalue weighted by Crippen LogP contribution is -2.19. The third kappa shape index (κ3) is 1.88. The SMILES string of the molecule is CC1(c2ccc3ccccc3c2)C=Cc2cccc(Br)c21. The van der Waals surface area contributed by atoms with Crippen molar-refractivity contribution < 1.29 is 0 Å². The van der Waals surface area contributed by atoms with Crippen molar-refractivity contribution in [2.24, 2.45) is 0 Å². The van der Waals surface area contributed by atoms with Crippen molar-refractivity contribution in [2.45, 2.75) is 12.3 Å². The van der Waals surface area contributed by atoms with Gasteiger partial charge >= 0.3 is 0 Å². The molecule has 3 aromatic carbocycles. The summed E-state index contributed by atoms with van der Waals surface area (Å²) in [5.74, 6) is 0. The van der Waals surface area contributed by atoms with Crippen LogP contribution in [0.15, 0.2) is 71.2 Å². The summed E-state index contributed by atoms with van der Waals surface area (Å²) < 4.78 is 1.18. The van der Waals surface area contributed by atoms with E-state index in [0.29, 0.717) is 0 Å². The largest absolute Gasteiger partial charge is 0.0692 e. The molecule has 0 heterocycles. The van der Waals surface area contributed by atoms with Crippen molar-refractivity contribution >= 4 is 32.8 Å². The molecule has 102 valence electrons. The summed E-state index contributed by atoms with van der Waals surface area (Å²) >= 11 is 3.73. The summed E-state index contributed by atoms with van der Waals surface area (Å²) in [6.45, 7) is 2.30. The molecule has 0 fully saturated rings. The van der Waals surface area contributed by atoms with Gasteiger partial charge in [-0.15, -0.1) is 0 Å². The van der Waals surface area contributed by atoms with Crippen LogP contribution in [0.5, 0.6) is 0 Å². The molecule has 0 nitrogen and oxygen atoms in total. The van der Waals surface area contributed by atoms with E-state index in [2.05, 4.69) is 95.7 Å². The molecule has 0 aromatic heterocycles. The first-order valence-electron chi connectivity index (χ1n) is 7.16. The van der Waals surface area contributed by atoms with Crippen LogP contribution in [0.4, 0.5) is 0 Å². The fraction of sp³-hybridized carbons (Fsp3) is 0.100. The second-order valence-corrected chi connectivity index (χ2v) is 6.66. The molecule has 0 radical (unpaired) electrons. The van der Waals surface area contributed by atoms with Gasteiger partial charge < -0.3 is 0 Å². The Morgan fingerprint density at radius 2 is 1.67 bits per heavy atom. The lowest BCUT2D eigenvalue weighted by molar-refractivity contribution is 0.735. The first-order chi connectivity index (χ1) is 10.2. The summed E-state index contributed by atoms with van der Waals surface area (Å²) in [5.41, 5.74) is 3.93. The topological polar surface area (TPSA) is 0 Å². The van der Waals surface area contributed by atoms with Crippen LogP contribution in [0.3, 0.4) is 0 Å². The van der Waals surface area contributed by atoms with E-state index in [1.165, 1.54) is 31.9 Å². The monoisotopic (exact) mass is 334 g/mol. The molecule has 0 bridgehead atoms. The van der Waals surface area contributed by atoms with Crippen LogP contribution in [-0.4, -0.2) is 0 Å². The Balaban J connectivity index is 1.96. The highest BCUT2D eigenvalue weighted by Gasteiger charge is 2.33. The van der Waals surface area contributed by atoms with Crippen molar-refractivity contribution in [3.8, 4) is 0 Å². The van der Waals surface area contributed by atoms with Gasteiger partial charge in [0.15, 0.2) is 0 Å². The van der Waals surface area contributed by atoms with Gasteiger partial charge in [0.2, 0.25) is 0 Å². The Kier molecular flexibility index (Phi) is 2.80. The molecule has 1 aliphatic rings. The second kappa shape index (κ2) is 4.57. The molecule has 0 saturated heterocycles. The zero-order valence-corrected chi connectivity index (χ0v) is 13.4. The predicted molar refractivity (Wildman–Crippen MR) is 93.6 cm³/mol. The third-order valence-electron chi connectivity index (χ3n) is 4.51. The minimum Gasteiger partial charge on any atom is -0.0692 e. The van der Waals surface area contributed by atoms with E-state index in [1.54, 1.807) is 0 Å². The number of hydrogen-bond donors (Lipinski definition) is 0. The van der Waals surface area contributed by atoms with E-state index in [0.717, 1.165) is 0 Å². The highest BCUT2D eigenvalue weighted by atomic mass is 79.9. The second-order valence-electron chi connectivity index (χ2n) is 5.80. The molecule has 1 atom stereocenters. The molecular formula is C20H15Br. The molecule has 0 N–H and O–H groups in total. The minimum absolute atomic E-state index is 0.0700. The Labute approximate surface area is 133 Å². The highest BCUT2D eigenvalue weighted by Crippen LogP contribution is 2.45. The van der Waals surface area contributed by atoms with Crippen LogP contribution in [0.2, 0.25) is 0 Å². The van der Waals surface area contributed by atoms with Gasteiger partial charge in [-0.25, -0.2) is 0 Å². The molecule has 1 aliphatic carbocycles. The maximum atomic E-state index is 3.73. The number of hydrogen-bond acceptors (Lipinski definition) is 0. The minimum atomic E-state index is -0.0700. The molecule has 0 saturated carbocycles.